The normalized spacial score (nSPS) is 30.2. The van der Waals surface area contributed by atoms with Crippen LogP contribution >= 0.6 is 0 Å². The van der Waals surface area contributed by atoms with Gasteiger partial charge in [0.2, 0.25) is 11.8 Å². The van der Waals surface area contributed by atoms with E-state index in [-0.39, 0.29) is 24.3 Å². The standard InChI is InChI=1S/C33H37N3O6/c1-32-17-9-20-34(23-11-5-3-6-12-23)29(38)26(32)27-30(39)36(19-7-4-8-22-37)28-31(40)35(21-10-18-33(27,28)42-32)24-13-15-25(41-2)16-14-24/h3,5-6,9-18,26-28,37H,4,7-8,19-22H2,1-2H3/t26-,27+,28?,32+,33+/m1/s1. The first-order valence-electron chi connectivity index (χ1n) is 14.6. The molecule has 1 unspecified atom stereocenters. The van der Waals surface area contributed by atoms with E-state index in [1.807, 2.05) is 73.7 Å². The molecule has 2 aromatic carbocycles. The van der Waals surface area contributed by atoms with Crippen molar-refractivity contribution in [1.82, 2.24) is 4.90 Å². The van der Waals surface area contributed by atoms with Gasteiger partial charge in [-0.1, -0.05) is 42.5 Å². The number of carbonyl (C=O) groups excluding carboxylic acids is 3. The van der Waals surface area contributed by atoms with Crippen molar-refractivity contribution in [3.63, 3.8) is 0 Å². The van der Waals surface area contributed by atoms with Crippen molar-refractivity contribution in [3.8, 4) is 5.75 Å². The largest absolute Gasteiger partial charge is 0.497 e. The number of hydrogen-bond donors (Lipinski definition) is 1. The van der Waals surface area contributed by atoms with Gasteiger partial charge in [0.25, 0.3) is 5.91 Å². The van der Waals surface area contributed by atoms with Crippen LogP contribution in [0.1, 0.15) is 26.2 Å². The first-order chi connectivity index (χ1) is 20.3. The van der Waals surface area contributed by atoms with E-state index in [4.69, 9.17) is 9.47 Å². The van der Waals surface area contributed by atoms with Crippen LogP contribution in [-0.4, -0.2) is 78.3 Å². The number of aliphatic hydroxyl groups excluding tert-OH is 1. The first-order valence-corrected chi connectivity index (χ1v) is 14.6. The van der Waals surface area contributed by atoms with Gasteiger partial charge in [0, 0.05) is 37.6 Å². The molecule has 2 saturated heterocycles. The number of hydrogen-bond acceptors (Lipinski definition) is 6. The third-order valence-corrected chi connectivity index (χ3v) is 9.07. The predicted molar refractivity (Wildman–Crippen MR) is 158 cm³/mol. The molecular weight excluding hydrogens is 534 g/mol. The highest BCUT2D eigenvalue weighted by Gasteiger charge is 2.74. The van der Waals surface area contributed by atoms with E-state index in [0.29, 0.717) is 50.3 Å². The summed E-state index contributed by atoms with van der Waals surface area (Å²) >= 11 is 0. The fourth-order valence-electron chi connectivity index (χ4n) is 7.17. The number of unbranched alkanes of at least 4 members (excludes halogenated alkanes) is 2. The molecule has 0 radical (unpaired) electrons. The number of benzene rings is 2. The van der Waals surface area contributed by atoms with E-state index in [0.717, 1.165) is 5.69 Å². The number of carbonyl (C=O) groups is 3. The Kier molecular flexibility index (Phi) is 7.41. The molecule has 0 aromatic heterocycles. The molecule has 9 nitrogen and oxygen atoms in total. The van der Waals surface area contributed by atoms with E-state index in [9.17, 15) is 19.5 Å². The third-order valence-electron chi connectivity index (χ3n) is 9.07. The number of rotatable bonds is 8. The van der Waals surface area contributed by atoms with Crippen LogP contribution in [0.3, 0.4) is 0 Å². The van der Waals surface area contributed by atoms with Gasteiger partial charge < -0.3 is 29.3 Å². The molecule has 9 heteroatoms. The van der Waals surface area contributed by atoms with Crippen LogP contribution in [0.15, 0.2) is 78.9 Å². The fraction of sp³-hybridized carbons (Fsp3) is 0.424. The lowest BCUT2D eigenvalue weighted by Crippen LogP contribution is -2.56. The van der Waals surface area contributed by atoms with E-state index >= 15 is 0 Å². The number of ether oxygens (including phenoxy) is 2. The summed E-state index contributed by atoms with van der Waals surface area (Å²) < 4.78 is 12.2. The molecule has 1 N–H and O–H groups in total. The number of likely N-dealkylation sites (tertiary alicyclic amines) is 1. The van der Waals surface area contributed by atoms with Gasteiger partial charge in [-0.25, -0.2) is 0 Å². The minimum Gasteiger partial charge on any atom is -0.497 e. The Hall–Kier alpha value is -3.95. The molecule has 5 atom stereocenters. The lowest BCUT2D eigenvalue weighted by molar-refractivity contribution is -0.144. The summed E-state index contributed by atoms with van der Waals surface area (Å²) in [5.41, 5.74) is -0.963. The van der Waals surface area contributed by atoms with Gasteiger partial charge >= 0.3 is 0 Å². The number of aliphatic hydroxyl groups is 1. The van der Waals surface area contributed by atoms with Crippen LogP contribution in [-0.2, 0) is 19.1 Å². The van der Waals surface area contributed by atoms with Gasteiger partial charge in [0.05, 0.1) is 24.5 Å². The second kappa shape index (κ2) is 11.0. The van der Waals surface area contributed by atoms with E-state index in [1.165, 1.54) is 0 Å². The van der Waals surface area contributed by atoms with Crippen LogP contribution in [0, 0.1) is 11.8 Å². The van der Waals surface area contributed by atoms with E-state index in [1.54, 1.807) is 33.9 Å². The average Bonchev–Trinajstić information content (AvgIpc) is 3.26. The van der Waals surface area contributed by atoms with Crippen molar-refractivity contribution in [2.24, 2.45) is 11.8 Å². The number of anilines is 2. The number of nitrogens with zero attached hydrogens (tertiary/aromatic N) is 3. The van der Waals surface area contributed by atoms with Crippen LogP contribution in [0.4, 0.5) is 11.4 Å². The van der Waals surface area contributed by atoms with Gasteiger partial charge in [-0.2, -0.15) is 0 Å². The zero-order valence-corrected chi connectivity index (χ0v) is 24.0. The third kappa shape index (κ3) is 4.42. The summed E-state index contributed by atoms with van der Waals surface area (Å²) in [7, 11) is 1.59. The molecule has 6 rings (SSSR count). The lowest BCUT2D eigenvalue weighted by atomic mass is 9.74. The van der Waals surface area contributed by atoms with Gasteiger partial charge in [-0.05, 0) is 62.6 Å². The van der Waals surface area contributed by atoms with Crippen molar-refractivity contribution in [1.29, 1.82) is 0 Å². The SMILES string of the molecule is COc1ccc(N2CC=C[C@]34O[C@@]5(C)C=CCN(c6ccccc6)C(=O)[C@H]5[C@H]3C(=O)N(CCCCCO)C4C2=O)cc1. The minimum atomic E-state index is -1.31. The van der Waals surface area contributed by atoms with Gasteiger partial charge in [-0.15, -0.1) is 0 Å². The number of amides is 3. The molecular formula is C33H37N3O6. The van der Waals surface area contributed by atoms with Crippen molar-refractivity contribution in [2.75, 3.05) is 43.2 Å². The van der Waals surface area contributed by atoms with Crippen LogP contribution in [0.5, 0.6) is 5.75 Å². The highest BCUT2D eigenvalue weighted by atomic mass is 16.5. The molecule has 0 bridgehead atoms. The maximum atomic E-state index is 14.5. The molecule has 4 aliphatic heterocycles. The Balaban J connectivity index is 1.43. The van der Waals surface area contributed by atoms with Crippen LogP contribution < -0.4 is 14.5 Å². The molecule has 2 fully saturated rings. The second-order valence-electron chi connectivity index (χ2n) is 11.5. The van der Waals surface area contributed by atoms with Gasteiger partial charge in [-0.3, -0.25) is 14.4 Å². The van der Waals surface area contributed by atoms with E-state index < -0.39 is 29.1 Å². The molecule has 220 valence electrons. The molecule has 0 aliphatic carbocycles. The summed E-state index contributed by atoms with van der Waals surface area (Å²) in [6, 6.07) is 15.7. The summed E-state index contributed by atoms with van der Waals surface area (Å²) in [5, 5.41) is 9.31. The van der Waals surface area contributed by atoms with Crippen LogP contribution in [0.25, 0.3) is 0 Å². The average molecular weight is 572 g/mol. The topological polar surface area (TPSA) is 99.6 Å². The Morgan fingerprint density at radius 2 is 1.50 bits per heavy atom. The molecule has 2 aromatic rings. The van der Waals surface area contributed by atoms with Crippen molar-refractivity contribution >= 4 is 29.1 Å². The van der Waals surface area contributed by atoms with Crippen LogP contribution in [0.2, 0.25) is 0 Å². The smallest absolute Gasteiger partial charge is 0.253 e. The molecule has 42 heavy (non-hydrogen) atoms. The number of fused-ring (bicyclic) bond motifs is 2. The van der Waals surface area contributed by atoms with Crippen molar-refractivity contribution < 1.29 is 29.0 Å². The summed E-state index contributed by atoms with van der Waals surface area (Å²) in [6.45, 7) is 2.91. The van der Waals surface area contributed by atoms with E-state index in [2.05, 4.69) is 0 Å². The molecule has 3 amide bonds. The minimum absolute atomic E-state index is 0.0660. The molecule has 0 saturated carbocycles. The predicted octanol–water partition coefficient (Wildman–Crippen LogP) is 3.33. The zero-order chi connectivity index (χ0) is 29.5. The molecule has 4 heterocycles. The first kappa shape index (κ1) is 28.2. The highest BCUT2D eigenvalue weighted by Crippen LogP contribution is 2.57. The number of methoxy groups -OCH3 is 1. The summed E-state index contributed by atoms with van der Waals surface area (Å²) in [4.78, 5) is 48.4. The van der Waals surface area contributed by atoms with Crippen molar-refractivity contribution in [2.45, 2.75) is 43.4 Å². The van der Waals surface area contributed by atoms with Gasteiger partial charge in [0.15, 0.2) is 0 Å². The zero-order valence-electron chi connectivity index (χ0n) is 24.0. The lowest BCUT2D eigenvalue weighted by Gasteiger charge is -2.37. The summed E-state index contributed by atoms with van der Waals surface area (Å²) in [5.74, 6) is -1.71. The maximum absolute atomic E-state index is 14.5. The maximum Gasteiger partial charge on any atom is 0.253 e. The Morgan fingerprint density at radius 3 is 2.19 bits per heavy atom. The Labute approximate surface area is 246 Å². The quantitative estimate of drug-likeness (QED) is 0.386. The second-order valence-corrected chi connectivity index (χ2v) is 11.5. The Morgan fingerprint density at radius 1 is 0.833 bits per heavy atom. The Bertz CT molecular complexity index is 1410. The highest BCUT2D eigenvalue weighted by molar-refractivity contribution is 6.07. The molecule has 1 spiro atoms. The van der Waals surface area contributed by atoms with Crippen molar-refractivity contribution in [3.05, 3.63) is 78.9 Å². The monoisotopic (exact) mass is 571 g/mol. The summed E-state index contributed by atoms with van der Waals surface area (Å²) in [6.07, 6.45) is 9.50. The van der Waals surface area contributed by atoms with Gasteiger partial charge in [0.1, 0.15) is 17.4 Å². The molecule has 4 aliphatic rings. The fourth-order valence-corrected chi connectivity index (χ4v) is 7.17. The number of para-hydroxylation sites is 1.